The second-order valence-corrected chi connectivity index (χ2v) is 6.75. The van der Waals surface area contributed by atoms with Gasteiger partial charge < -0.3 is 15.7 Å². The van der Waals surface area contributed by atoms with Crippen molar-refractivity contribution in [3.8, 4) is 0 Å². The van der Waals surface area contributed by atoms with Crippen LogP contribution in [0.4, 0.5) is 0 Å². The van der Waals surface area contributed by atoms with Crippen LogP contribution in [0, 0.1) is 0 Å². The van der Waals surface area contributed by atoms with E-state index in [0.717, 1.165) is 5.56 Å². The van der Waals surface area contributed by atoms with Gasteiger partial charge in [-0.25, -0.2) is 0 Å². The molecule has 0 saturated carbocycles. The van der Waals surface area contributed by atoms with Crippen molar-refractivity contribution in [2.75, 3.05) is 6.54 Å². The molecule has 0 radical (unpaired) electrons. The molecule has 0 heterocycles. The van der Waals surface area contributed by atoms with Crippen LogP contribution in [-0.2, 0) is 19.8 Å². The van der Waals surface area contributed by atoms with Crippen molar-refractivity contribution in [1.29, 1.82) is 0 Å². The van der Waals surface area contributed by atoms with Crippen LogP contribution in [0.1, 0.15) is 43.9 Å². The van der Waals surface area contributed by atoms with Crippen LogP contribution < -0.4 is 10.6 Å². The predicted octanol–water partition coefficient (Wildman–Crippen LogP) is 2.80. The molecule has 2 atom stereocenters. The molecule has 0 spiro atoms. The Hall–Kier alpha value is -3.15. The molecule has 2 unspecified atom stereocenters. The first-order valence-corrected chi connectivity index (χ1v) is 9.26. The van der Waals surface area contributed by atoms with Gasteiger partial charge in [-0.2, -0.15) is 0 Å². The SMILES string of the molecule is CCC(CNC(=O)CC(NC(C)=O)c1ccccc1)(C(=O)O)c1ccccc1. The molecule has 2 rings (SSSR count). The fourth-order valence-electron chi connectivity index (χ4n) is 3.23. The van der Waals surface area contributed by atoms with Crippen LogP contribution in [0.5, 0.6) is 0 Å². The van der Waals surface area contributed by atoms with E-state index < -0.39 is 17.4 Å². The fraction of sp³-hybridized carbons (Fsp3) is 0.318. The minimum Gasteiger partial charge on any atom is -0.481 e. The zero-order chi connectivity index (χ0) is 20.6. The standard InChI is InChI=1S/C22H26N2O4/c1-3-22(21(27)28,18-12-8-5-9-13-18)15-23-20(26)14-19(24-16(2)25)17-10-6-4-7-11-17/h4-13,19H,3,14-15H2,1-2H3,(H,23,26)(H,24,25)(H,27,28). The van der Waals surface area contributed by atoms with Crippen molar-refractivity contribution < 1.29 is 19.5 Å². The lowest BCUT2D eigenvalue weighted by molar-refractivity contribution is -0.144. The van der Waals surface area contributed by atoms with Crippen molar-refractivity contribution in [3.05, 3.63) is 71.8 Å². The maximum Gasteiger partial charge on any atom is 0.315 e. The Balaban J connectivity index is 2.13. The maximum absolute atomic E-state index is 12.6. The first kappa shape index (κ1) is 21.2. The number of aliphatic carboxylic acids is 1. The van der Waals surface area contributed by atoms with Gasteiger partial charge in [-0.3, -0.25) is 14.4 Å². The van der Waals surface area contributed by atoms with Crippen molar-refractivity contribution >= 4 is 17.8 Å². The highest BCUT2D eigenvalue weighted by Crippen LogP contribution is 2.28. The molecule has 0 aliphatic heterocycles. The number of carbonyl (C=O) groups is 3. The number of benzene rings is 2. The fourth-order valence-corrected chi connectivity index (χ4v) is 3.23. The van der Waals surface area contributed by atoms with Crippen LogP contribution in [0.2, 0.25) is 0 Å². The third-order valence-electron chi connectivity index (χ3n) is 4.90. The minimum absolute atomic E-state index is 0.0245. The van der Waals surface area contributed by atoms with Crippen LogP contribution in [0.25, 0.3) is 0 Å². The second-order valence-electron chi connectivity index (χ2n) is 6.75. The smallest absolute Gasteiger partial charge is 0.315 e. The summed E-state index contributed by atoms with van der Waals surface area (Å²) in [7, 11) is 0. The summed E-state index contributed by atoms with van der Waals surface area (Å²) >= 11 is 0. The molecular weight excluding hydrogens is 356 g/mol. The molecule has 0 bridgehead atoms. The lowest BCUT2D eigenvalue weighted by Crippen LogP contribution is -2.46. The average molecular weight is 382 g/mol. The second kappa shape index (κ2) is 9.69. The van der Waals surface area contributed by atoms with E-state index in [9.17, 15) is 19.5 Å². The van der Waals surface area contributed by atoms with E-state index in [0.29, 0.717) is 12.0 Å². The van der Waals surface area contributed by atoms with Crippen LogP contribution in [0.15, 0.2) is 60.7 Å². The highest BCUT2D eigenvalue weighted by molar-refractivity contribution is 5.84. The summed E-state index contributed by atoms with van der Waals surface area (Å²) in [4.78, 5) is 36.1. The van der Waals surface area contributed by atoms with Gasteiger partial charge in [0.1, 0.15) is 5.41 Å². The first-order chi connectivity index (χ1) is 13.4. The lowest BCUT2D eigenvalue weighted by atomic mass is 9.78. The summed E-state index contributed by atoms with van der Waals surface area (Å²) in [5.74, 6) is -1.54. The molecule has 0 aliphatic rings. The van der Waals surface area contributed by atoms with Crippen molar-refractivity contribution in [2.45, 2.75) is 38.1 Å². The Kier molecular flexibility index (Phi) is 7.32. The van der Waals surface area contributed by atoms with Gasteiger partial charge in [-0.1, -0.05) is 67.6 Å². The summed E-state index contributed by atoms with van der Waals surface area (Å²) < 4.78 is 0. The number of carboxylic acid groups (broad SMARTS) is 1. The Morgan fingerprint density at radius 3 is 2.07 bits per heavy atom. The third kappa shape index (κ3) is 5.19. The Labute approximate surface area is 165 Å². The molecule has 3 N–H and O–H groups in total. The van der Waals surface area contributed by atoms with E-state index in [1.54, 1.807) is 31.2 Å². The minimum atomic E-state index is -1.20. The molecule has 0 aliphatic carbocycles. The number of carboxylic acids is 1. The van der Waals surface area contributed by atoms with Gasteiger partial charge >= 0.3 is 5.97 Å². The normalized spacial score (nSPS) is 13.8. The number of hydrogen-bond acceptors (Lipinski definition) is 3. The van der Waals surface area contributed by atoms with Crippen molar-refractivity contribution in [3.63, 3.8) is 0 Å². The topological polar surface area (TPSA) is 95.5 Å². The van der Waals surface area contributed by atoms with E-state index in [1.807, 2.05) is 36.4 Å². The van der Waals surface area contributed by atoms with Crippen LogP contribution in [-0.4, -0.2) is 29.4 Å². The molecular formula is C22H26N2O4. The van der Waals surface area contributed by atoms with Crippen LogP contribution >= 0.6 is 0 Å². The van der Waals surface area contributed by atoms with E-state index >= 15 is 0 Å². The summed E-state index contributed by atoms with van der Waals surface area (Å²) in [6, 6.07) is 17.6. The van der Waals surface area contributed by atoms with Gasteiger partial charge in [-0.15, -0.1) is 0 Å². The quantitative estimate of drug-likeness (QED) is 0.621. The highest BCUT2D eigenvalue weighted by Gasteiger charge is 2.39. The van der Waals surface area contributed by atoms with E-state index in [2.05, 4.69) is 10.6 Å². The van der Waals surface area contributed by atoms with E-state index in [-0.39, 0.29) is 24.8 Å². The monoisotopic (exact) mass is 382 g/mol. The lowest BCUT2D eigenvalue weighted by Gasteiger charge is -2.29. The molecule has 0 aromatic heterocycles. The molecule has 0 fully saturated rings. The van der Waals surface area contributed by atoms with Crippen LogP contribution in [0.3, 0.4) is 0 Å². The van der Waals surface area contributed by atoms with Gasteiger partial charge in [-0.05, 0) is 17.5 Å². The van der Waals surface area contributed by atoms with Gasteiger partial charge in [0.25, 0.3) is 0 Å². The molecule has 2 aromatic rings. The van der Waals surface area contributed by atoms with E-state index in [1.165, 1.54) is 6.92 Å². The largest absolute Gasteiger partial charge is 0.481 e. The average Bonchev–Trinajstić information content (AvgIpc) is 2.69. The van der Waals surface area contributed by atoms with E-state index in [4.69, 9.17) is 0 Å². The first-order valence-electron chi connectivity index (χ1n) is 9.26. The van der Waals surface area contributed by atoms with Crippen molar-refractivity contribution in [1.82, 2.24) is 10.6 Å². The highest BCUT2D eigenvalue weighted by atomic mass is 16.4. The van der Waals surface area contributed by atoms with Gasteiger partial charge in [0, 0.05) is 13.5 Å². The maximum atomic E-state index is 12.6. The number of amides is 2. The molecule has 2 aromatic carbocycles. The molecule has 0 saturated heterocycles. The van der Waals surface area contributed by atoms with Gasteiger partial charge in [0.15, 0.2) is 0 Å². The van der Waals surface area contributed by atoms with Crippen molar-refractivity contribution in [2.24, 2.45) is 0 Å². The summed E-state index contributed by atoms with van der Waals surface area (Å²) in [6.45, 7) is 3.16. The molecule has 2 amide bonds. The number of hydrogen-bond donors (Lipinski definition) is 3. The van der Waals surface area contributed by atoms with Gasteiger partial charge in [0.05, 0.1) is 12.5 Å². The number of rotatable bonds is 9. The Morgan fingerprint density at radius 1 is 1.00 bits per heavy atom. The summed E-state index contributed by atoms with van der Waals surface area (Å²) in [6.07, 6.45) is 0.359. The zero-order valence-corrected chi connectivity index (χ0v) is 16.1. The molecule has 6 nitrogen and oxygen atoms in total. The summed E-state index contributed by atoms with van der Waals surface area (Å²) in [5, 5.41) is 15.4. The number of nitrogens with one attached hydrogen (secondary N) is 2. The molecule has 28 heavy (non-hydrogen) atoms. The number of carbonyl (C=O) groups excluding carboxylic acids is 2. The third-order valence-corrected chi connectivity index (χ3v) is 4.90. The molecule has 148 valence electrons. The Morgan fingerprint density at radius 2 is 1.57 bits per heavy atom. The predicted molar refractivity (Wildman–Crippen MR) is 107 cm³/mol. The molecule has 6 heteroatoms. The Bertz CT molecular complexity index is 808. The van der Waals surface area contributed by atoms with Gasteiger partial charge in [0.2, 0.25) is 11.8 Å². The summed E-state index contributed by atoms with van der Waals surface area (Å²) in [5.41, 5.74) is 0.260. The zero-order valence-electron chi connectivity index (χ0n) is 16.1.